The molecule has 1 unspecified atom stereocenters. The minimum atomic E-state index is -0.557. The van der Waals surface area contributed by atoms with E-state index in [1.807, 2.05) is 17.3 Å². The summed E-state index contributed by atoms with van der Waals surface area (Å²) in [5.41, 5.74) is 3.29. The maximum absolute atomic E-state index is 13.9. The molecule has 0 aliphatic carbocycles. The minimum Gasteiger partial charge on any atom is -0.367 e. The summed E-state index contributed by atoms with van der Waals surface area (Å²) in [6.45, 7) is 4.00. The Morgan fingerprint density at radius 2 is 2.28 bits per heavy atom. The number of guanidine groups is 1. The molecule has 2 aromatic rings. The molecule has 1 aromatic heterocycles. The first-order valence-electron chi connectivity index (χ1n) is 8.13. The van der Waals surface area contributed by atoms with Crippen molar-refractivity contribution in [1.82, 2.24) is 15.6 Å². The van der Waals surface area contributed by atoms with Crippen molar-refractivity contribution in [3.05, 3.63) is 45.9 Å². The number of halogens is 2. The molecule has 25 heavy (non-hydrogen) atoms. The Hall–Kier alpha value is -2.22. The van der Waals surface area contributed by atoms with Crippen LogP contribution in [-0.4, -0.2) is 37.1 Å². The number of aromatic nitrogens is 1. The van der Waals surface area contributed by atoms with Gasteiger partial charge >= 0.3 is 0 Å². The minimum absolute atomic E-state index is 0.151. The number of thiazole rings is 1. The second kappa shape index (κ2) is 7.77. The molecule has 5 nitrogen and oxygen atoms in total. The summed E-state index contributed by atoms with van der Waals surface area (Å²) in [6, 6.07) is 3.86. The van der Waals surface area contributed by atoms with Crippen molar-refractivity contribution in [2.45, 2.75) is 25.9 Å². The highest BCUT2D eigenvalue weighted by molar-refractivity contribution is 7.09. The highest BCUT2D eigenvalue weighted by Crippen LogP contribution is 2.24. The van der Waals surface area contributed by atoms with Crippen LogP contribution in [0.2, 0.25) is 0 Å². The molecule has 0 saturated carbocycles. The van der Waals surface area contributed by atoms with E-state index in [-0.39, 0.29) is 6.04 Å². The number of benzene rings is 1. The van der Waals surface area contributed by atoms with E-state index in [2.05, 4.69) is 20.6 Å². The highest BCUT2D eigenvalue weighted by atomic mass is 32.1. The number of nitrogens with one attached hydrogen (secondary N) is 2. The Morgan fingerprint density at radius 3 is 2.96 bits per heavy atom. The van der Waals surface area contributed by atoms with Crippen molar-refractivity contribution < 1.29 is 8.78 Å². The van der Waals surface area contributed by atoms with E-state index in [1.165, 1.54) is 17.0 Å². The van der Waals surface area contributed by atoms with Gasteiger partial charge in [-0.1, -0.05) is 0 Å². The summed E-state index contributed by atoms with van der Waals surface area (Å²) >= 11 is 1.61. The Balaban J connectivity index is 1.55. The molecule has 0 spiro atoms. The lowest BCUT2D eigenvalue weighted by atomic mass is 10.2. The van der Waals surface area contributed by atoms with Gasteiger partial charge in [0, 0.05) is 37.1 Å². The van der Waals surface area contributed by atoms with Gasteiger partial charge in [-0.25, -0.2) is 13.8 Å². The van der Waals surface area contributed by atoms with Crippen molar-refractivity contribution in [3.63, 3.8) is 0 Å². The third-order valence-electron chi connectivity index (χ3n) is 4.26. The van der Waals surface area contributed by atoms with Gasteiger partial charge in [0.1, 0.15) is 11.6 Å². The smallest absolute Gasteiger partial charge is 0.191 e. The van der Waals surface area contributed by atoms with Crippen molar-refractivity contribution in [1.29, 1.82) is 0 Å². The predicted octanol–water partition coefficient (Wildman–Crippen LogP) is 2.67. The first kappa shape index (κ1) is 17.6. The average Bonchev–Trinajstić information content (AvgIpc) is 3.20. The molecule has 8 heteroatoms. The fourth-order valence-corrected chi connectivity index (χ4v) is 3.60. The normalized spacial score (nSPS) is 17.8. The zero-order valence-electron chi connectivity index (χ0n) is 14.2. The monoisotopic (exact) mass is 365 g/mol. The Labute approximate surface area is 149 Å². The van der Waals surface area contributed by atoms with Crippen LogP contribution in [0.1, 0.15) is 17.0 Å². The van der Waals surface area contributed by atoms with Crippen LogP contribution in [0.15, 0.2) is 28.7 Å². The third-order valence-corrected chi connectivity index (χ3v) is 5.20. The molecule has 1 aliphatic rings. The number of hydrogen-bond acceptors (Lipinski definition) is 4. The maximum atomic E-state index is 13.9. The summed E-state index contributed by atoms with van der Waals surface area (Å²) in [5, 5.41) is 6.64. The van der Waals surface area contributed by atoms with Gasteiger partial charge in [0.05, 0.1) is 23.4 Å². The number of anilines is 1. The van der Waals surface area contributed by atoms with E-state index in [0.717, 1.165) is 18.2 Å². The molecule has 1 aliphatic heterocycles. The molecular weight excluding hydrogens is 344 g/mol. The fraction of sp³-hybridized carbons (Fsp3) is 0.412. The van der Waals surface area contributed by atoms with Crippen LogP contribution in [-0.2, 0) is 6.54 Å². The Bertz CT molecular complexity index is 761. The van der Waals surface area contributed by atoms with Crippen LogP contribution >= 0.6 is 11.3 Å². The van der Waals surface area contributed by atoms with Crippen LogP contribution in [0, 0.1) is 18.6 Å². The molecule has 0 radical (unpaired) electrons. The van der Waals surface area contributed by atoms with Gasteiger partial charge in [-0.15, -0.1) is 11.3 Å². The van der Waals surface area contributed by atoms with Gasteiger partial charge in [-0.05, 0) is 25.5 Å². The number of hydrogen-bond donors (Lipinski definition) is 2. The van der Waals surface area contributed by atoms with E-state index in [0.29, 0.717) is 31.3 Å². The van der Waals surface area contributed by atoms with E-state index in [9.17, 15) is 8.78 Å². The number of aliphatic imine (C=N–C) groups is 1. The van der Waals surface area contributed by atoms with Gasteiger partial charge in [-0.2, -0.15) is 0 Å². The summed E-state index contributed by atoms with van der Waals surface area (Å²) < 4.78 is 27.0. The van der Waals surface area contributed by atoms with E-state index >= 15 is 0 Å². The van der Waals surface area contributed by atoms with Crippen molar-refractivity contribution in [2.75, 3.05) is 25.0 Å². The number of nitrogens with zero attached hydrogens (tertiary/aromatic N) is 3. The van der Waals surface area contributed by atoms with Crippen molar-refractivity contribution in [2.24, 2.45) is 4.99 Å². The van der Waals surface area contributed by atoms with Gasteiger partial charge in [0.2, 0.25) is 0 Å². The summed E-state index contributed by atoms with van der Waals surface area (Å²) in [5.74, 6) is -0.374. The van der Waals surface area contributed by atoms with Crippen LogP contribution in [0.3, 0.4) is 0 Å². The lowest BCUT2D eigenvalue weighted by Crippen LogP contribution is -2.44. The first-order chi connectivity index (χ1) is 12.1. The lowest BCUT2D eigenvalue weighted by Gasteiger charge is -2.21. The molecule has 134 valence electrons. The van der Waals surface area contributed by atoms with E-state index < -0.39 is 11.6 Å². The van der Waals surface area contributed by atoms with Crippen molar-refractivity contribution >= 4 is 23.0 Å². The number of aryl methyl sites for hydroxylation is 1. The fourth-order valence-electron chi connectivity index (χ4n) is 2.88. The third kappa shape index (κ3) is 4.25. The average molecular weight is 365 g/mol. The van der Waals surface area contributed by atoms with Gasteiger partial charge in [0.15, 0.2) is 5.96 Å². The van der Waals surface area contributed by atoms with E-state index in [4.69, 9.17) is 0 Å². The molecule has 1 fully saturated rings. The lowest BCUT2D eigenvalue weighted by molar-refractivity contribution is 0.580. The Morgan fingerprint density at radius 1 is 1.44 bits per heavy atom. The van der Waals surface area contributed by atoms with E-state index in [1.54, 1.807) is 18.4 Å². The van der Waals surface area contributed by atoms with Gasteiger partial charge in [0.25, 0.3) is 0 Å². The summed E-state index contributed by atoms with van der Waals surface area (Å²) in [7, 11) is 1.72. The molecule has 1 aromatic carbocycles. The quantitative estimate of drug-likeness (QED) is 0.646. The Kier molecular flexibility index (Phi) is 5.47. The molecular formula is C17H21F2N5S. The SMILES string of the molecule is CN=C(NCc1scnc1C)NC1CCN(c2ccc(F)cc2F)C1. The van der Waals surface area contributed by atoms with Crippen LogP contribution in [0.4, 0.5) is 14.5 Å². The maximum Gasteiger partial charge on any atom is 0.191 e. The first-order valence-corrected chi connectivity index (χ1v) is 9.01. The largest absolute Gasteiger partial charge is 0.367 e. The molecule has 2 N–H and O–H groups in total. The van der Waals surface area contributed by atoms with Crippen LogP contribution < -0.4 is 15.5 Å². The summed E-state index contributed by atoms with van der Waals surface area (Å²) in [4.78, 5) is 11.6. The van der Waals surface area contributed by atoms with Crippen LogP contribution in [0.5, 0.6) is 0 Å². The molecule has 0 bridgehead atoms. The second-order valence-electron chi connectivity index (χ2n) is 5.96. The zero-order valence-corrected chi connectivity index (χ0v) is 15.0. The zero-order chi connectivity index (χ0) is 17.8. The highest BCUT2D eigenvalue weighted by Gasteiger charge is 2.25. The molecule has 2 heterocycles. The summed E-state index contributed by atoms with van der Waals surface area (Å²) in [6.07, 6.45) is 0.858. The molecule has 1 atom stereocenters. The standard InChI is InChI=1S/C17H21F2N5S/c1-11-16(25-10-22-11)8-21-17(20-2)23-13-5-6-24(9-13)15-4-3-12(18)7-14(15)19/h3-4,7,10,13H,5-6,8-9H2,1-2H3,(H2,20,21,23). The van der Waals surface area contributed by atoms with Crippen molar-refractivity contribution in [3.8, 4) is 0 Å². The topological polar surface area (TPSA) is 52.6 Å². The molecule has 3 rings (SSSR count). The van der Waals surface area contributed by atoms with Crippen LogP contribution in [0.25, 0.3) is 0 Å². The second-order valence-corrected chi connectivity index (χ2v) is 6.90. The molecule has 0 amide bonds. The van der Waals surface area contributed by atoms with Gasteiger partial charge < -0.3 is 15.5 Å². The van der Waals surface area contributed by atoms with Gasteiger partial charge in [-0.3, -0.25) is 4.99 Å². The predicted molar refractivity (Wildman–Crippen MR) is 97.2 cm³/mol. The molecule has 1 saturated heterocycles. The number of rotatable bonds is 4.